The molecular weight excluding hydrogens is 382 g/mol. The van der Waals surface area contributed by atoms with Crippen LogP contribution in [0.15, 0.2) is 65.6 Å². The van der Waals surface area contributed by atoms with Crippen molar-refractivity contribution in [2.24, 2.45) is 0 Å². The molecule has 0 saturated carbocycles. The van der Waals surface area contributed by atoms with Crippen LogP contribution >= 0.6 is 11.8 Å². The first-order chi connectivity index (χ1) is 13.5. The Morgan fingerprint density at radius 1 is 0.964 bits per heavy atom. The Bertz CT molecular complexity index is 1030. The molecule has 3 aromatic carbocycles. The van der Waals surface area contributed by atoms with Crippen LogP contribution in [0, 0.1) is 11.6 Å². The first kappa shape index (κ1) is 19.8. The van der Waals surface area contributed by atoms with Crippen molar-refractivity contribution in [1.82, 2.24) is 10.6 Å². The summed E-state index contributed by atoms with van der Waals surface area (Å²) in [4.78, 5) is 25.4. The number of amides is 2. The van der Waals surface area contributed by atoms with E-state index in [0.29, 0.717) is 0 Å². The Morgan fingerprint density at radius 2 is 1.71 bits per heavy atom. The van der Waals surface area contributed by atoms with Gasteiger partial charge in [-0.1, -0.05) is 36.4 Å². The van der Waals surface area contributed by atoms with E-state index < -0.39 is 29.5 Å². The summed E-state index contributed by atoms with van der Waals surface area (Å²) >= 11 is 1.33. The number of rotatable bonds is 6. The zero-order valence-corrected chi connectivity index (χ0v) is 15.9. The zero-order chi connectivity index (χ0) is 20.1. The molecule has 0 aliphatic heterocycles. The molecule has 0 aromatic heterocycles. The molecule has 0 heterocycles. The van der Waals surface area contributed by atoms with Crippen LogP contribution in [-0.2, 0) is 9.59 Å². The van der Waals surface area contributed by atoms with Gasteiger partial charge in [-0.3, -0.25) is 9.59 Å². The molecule has 2 N–H and O–H groups in total. The Hall–Kier alpha value is -2.93. The smallest absolute Gasteiger partial charge is 0.246 e. The number of hydrogen-bond acceptors (Lipinski definition) is 3. The van der Waals surface area contributed by atoms with Crippen LogP contribution < -0.4 is 10.6 Å². The van der Waals surface area contributed by atoms with Crippen molar-refractivity contribution in [3.05, 3.63) is 77.9 Å². The maximum Gasteiger partial charge on any atom is 0.246 e. The molecule has 4 nitrogen and oxygen atoms in total. The monoisotopic (exact) mass is 400 g/mol. The maximum absolute atomic E-state index is 13.5. The molecule has 28 heavy (non-hydrogen) atoms. The van der Waals surface area contributed by atoms with Crippen molar-refractivity contribution < 1.29 is 18.4 Å². The summed E-state index contributed by atoms with van der Waals surface area (Å²) in [6, 6.07) is 15.8. The van der Waals surface area contributed by atoms with E-state index in [9.17, 15) is 18.4 Å². The second-order valence-electron chi connectivity index (χ2n) is 6.09. The van der Waals surface area contributed by atoms with Gasteiger partial charge in [-0.25, -0.2) is 8.78 Å². The van der Waals surface area contributed by atoms with E-state index in [0.717, 1.165) is 27.8 Å². The standard InChI is InChI=1S/C21H18F2N2O2S/c1-24-21(27)20(15-7-9-17(22)18(23)11-15)25-19(26)12-28-16-8-6-13-4-2-3-5-14(13)10-16/h2-11,20H,12H2,1H3,(H,24,27)(H,25,26). The minimum atomic E-state index is -1.11. The Labute approximate surface area is 165 Å². The van der Waals surface area contributed by atoms with E-state index in [2.05, 4.69) is 10.6 Å². The van der Waals surface area contributed by atoms with E-state index >= 15 is 0 Å². The van der Waals surface area contributed by atoms with Crippen molar-refractivity contribution in [3.63, 3.8) is 0 Å². The lowest BCUT2D eigenvalue weighted by atomic mass is 10.1. The molecule has 0 bridgehead atoms. The predicted octanol–water partition coefficient (Wildman–Crippen LogP) is 3.81. The zero-order valence-electron chi connectivity index (χ0n) is 15.0. The highest BCUT2D eigenvalue weighted by Gasteiger charge is 2.23. The van der Waals surface area contributed by atoms with Gasteiger partial charge >= 0.3 is 0 Å². The summed E-state index contributed by atoms with van der Waals surface area (Å²) in [5, 5.41) is 7.17. The molecule has 7 heteroatoms. The molecule has 0 fully saturated rings. The van der Waals surface area contributed by atoms with E-state index in [1.165, 1.54) is 24.9 Å². The highest BCUT2D eigenvalue weighted by molar-refractivity contribution is 8.00. The van der Waals surface area contributed by atoms with Gasteiger partial charge in [0.05, 0.1) is 5.75 Å². The number of hydrogen-bond donors (Lipinski definition) is 2. The summed E-state index contributed by atoms with van der Waals surface area (Å²) in [6.07, 6.45) is 0. The van der Waals surface area contributed by atoms with E-state index in [4.69, 9.17) is 0 Å². The molecule has 0 aliphatic carbocycles. The number of halogens is 2. The fourth-order valence-electron chi connectivity index (χ4n) is 2.75. The maximum atomic E-state index is 13.5. The fraction of sp³-hybridized carbons (Fsp3) is 0.143. The summed E-state index contributed by atoms with van der Waals surface area (Å²) in [5.74, 6) is -2.93. The van der Waals surface area contributed by atoms with Gasteiger partial charge in [0, 0.05) is 11.9 Å². The van der Waals surface area contributed by atoms with Crippen molar-refractivity contribution in [2.45, 2.75) is 10.9 Å². The van der Waals surface area contributed by atoms with Crippen LogP contribution in [0.5, 0.6) is 0 Å². The number of likely N-dealkylation sites (N-methyl/N-ethyl adjacent to an activating group) is 1. The molecule has 0 saturated heterocycles. The lowest BCUT2D eigenvalue weighted by Gasteiger charge is -2.18. The van der Waals surface area contributed by atoms with Crippen LogP contribution in [0.4, 0.5) is 8.78 Å². The SMILES string of the molecule is CNC(=O)C(NC(=O)CSc1ccc2ccccc2c1)c1ccc(F)c(F)c1. The highest BCUT2D eigenvalue weighted by Crippen LogP contribution is 2.24. The summed E-state index contributed by atoms with van der Waals surface area (Å²) in [6.45, 7) is 0. The van der Waals surface area contributed by atoms with Crippen molar-refractivity contribution in [3.8, 4) is 0 Å². The van der Waals surface area contributed by atoms with Gasteiger partial charge in [0.25, 0.3) is 0 Å². The minimum Gasteiger partial charge on any atom is -0.357 e. The van der Waals surface area contributed by atoms with Crippen LogP contribution in [0.3, 0.4) is 0 Å². The molecule has 0 radical (unpaired) electrons. The Morgan fingerprint density at radius 3 is 2.43 bits per heavy atom. The fourth-order valence-corrected chi connectivity index (χ4v) is 3.50. The number of nitrogens with one attached hydrogen (secondary N) is 2. The lowest BCUT2D eigenvalue weighted by molar-refractivity contribution is -0.127. The van der Waals surface area contributed by atoms with E-state index in [1.54, 1.807) is 0 Å². The van der Waals surface area contributed by atoms with E-state index in [-0.39, 0.29) is 11.3 Å². The van der Waals surface area contributed by atoms with Gasteiger partial charge in [-0.2, -0.15) is 0 Å². The second-order valence-corrected chi connectivity index (χ2v) is 7.13. The van der Waals surface area contributed by atoms with Crippen LogP contribution in [-0.4, -0.2) is 24.6 Å². The second kappa shape index (κ2) is 8.84. The quantitative estimate of drug-likeness (QED) is 0.619. The molecule has 1 atom stereocenters. The number of carbonyl (C=O) groups is 2. The van der Waals surface area contributed by atoms with Gasteiger partial charge in [0.1, 0.15) is 6.04 Å². The highest BCUT2D eigenvalue weighted by atomic mass is 32.2. The molecule has 1 unspecified atom stereocenters. The molecule has 3 aromatic rings. The molecule has 0 aliphatic rings. The van der Waals surface area contributed by atoms with Gasteiger partial charge in [-0.15, -0.1) is 11.8 Å². The van der Waals surface area contributed by atoms with Crippen LogP contribution in [0.25, 0.3) is 10.8 Å². The number of carbonyl (C=O) groups excluding carboxylic acids is 2. The topological polar surface area (TPSA) is 58.2 Å². The summed E-state index contributed by atoms with van der Waals surface area (Å²) in [5.41, 5.74) is 0.169. The average molecular weight is 400 g/mol. The summed E-state index contributed by atoms with van der Waals surface area (Å²) in [7, 11) is 1.41. The van der Waals surface area contributed by atoms with E-state index in [1.807, 2.05) is 42.5 Å². The molecule has 3 rings (SSSR count). The molecule has 2 amide bonds. The molecule has 0 spiro atoms. The largest absolute Gasteiger partial charge is 0.357 e. The van der Waals surface area contributed by atoms with Crippen molar-refractivity contribution in [2.75, 3.05) is 12.8 Å². The third-order valence-corrected chi connectivity index (χ3v) is 5.18. The first-order valence-electron chi connectivity index (χ1n) is 8.55. The Kier molecular flexibility index (Phi) is 6.26. The average Bonchev–Trinajstić information content (AvgIpc) is 2.72. The van der Waals surface area contributed by atoms with Gasteiger partial charge in [0.2, 0.25) is 11.8 Å². The number of thioether (sulfide) groups is 1. The molecule has 144 valence electrons. The van der Waals surface area contributed by atoms with Crippen molar-refractivity contribution in [1.29, 1.82) is 0 Å². The van der Waals surface area contributed by atoms with Gasteiger partial charge in [-0.05, 0) is 40.6 Å². The third-order valence-electron chi connectivity index (χ3n) is 4.18. The lowest BCUT2D eigenvalue weighted by Crippen LogP contribution is -2.39. The minimum absolute atomic E-state index is 0.0789. The normalized spacial score (nSPS) is 11.8. The molecular formula is C21H18F2N2O2S. The van der Waals surface area contributed by atoms with Crippen LogP contribution in [0.2, 0.25) is 0 Å². The number of benzene rings is 3. The van der Waals surface area contributed by atoms with Gasteiger partial charge < -0.3 is 10.6 Å². The number of fused-ring (bicyclic) bond motifs is 1. The summed E-state index contributed by atoms with van der Waals surface area (Å²) < 4.78 is 26.7. The first-order valence-corrected chi connectivity index (χ1v) is 9.54. The van der Waals surface area contributed by atoms with Crippen LogP contribution in [0.1, 0.15) is 11.6 Å². The predicted molar refractivity (Wildman–Crippen MR) is 106 cm³/mol. The third kappa shape index (κ3) is 4.67. The van der Waals surface area contributed by atoms with Crippen molar-refractivity contribution >= 4 is 34.3 Å². The van der Waals surface area contributed by atoms with Gasteiger partial charge in [0.15, 0.2) is 11.6 Å². The Balaban J connectivity index is 1.69.